The van der Waals surface area contributed by atoms with Crippen LogP contribution < -0.4 is 0 Å². The van der Waals surface area contributed by atoms with Crippen LogP contribution in [0, 0.1) is 27.7 Å². The quantitative estimate of drug-likeness (QED) is 0.174. The number of aryl methyl sites for hydroxylation is 4. The van der Waals surface area contributed by atoms with Crippen molar-refractivity contribution >= 4 is 31.9 Å². The SMILES string of the molecule is CC(C)(c1ccc(O)c(Br)c1)c1ccc(O)c(Br)c1.Cc1cc(C(C)(C)c2cc(C)c(O)c(C)c2)cc(C)c1O. The Hall–Kier alpha value is -2.96. The van der Waals surface area contributed by atoms with Crippen molar-refractivity contribution in [1.29, 1.82) is 0 Å². The molecule has 212 valence electrons. The molecular formula is C34H38Br2O4. The van der Waals surface area contributed by atoms with E-state index in [2.05, 4.69) is 59.6 Å². The van der Waals surface area contributed by atoms with Crippen LogP contribution in [0.25, 0.3) is 0 Å². The lowest BCUT2D eigenvalue weighted by molar-refractivity contribution is 0.464. The summed E-state index contributed by atoms with van der Waals surface area (Å²) < 4.78 is 1.35. The predicted octanol–water partition coefficient (Wildman–Crippen LogP) is 9.61. The van der Waals surface area contributed by atoms with Crippen molar-refractivity contribution in [3.05, 3.63) is 114 Å². The van der Waals surface area contributed by atoms with Gasteiger partial charge >= 0.3 is 0 Å². The van der Waals surface area contributed by atoms with Gasteiger partial charge in [-0.2, -0.15) is 0 Å². The zero-order valence-corrected chi connectivity index (χ0v) is 27.5. The molecule has 0 radical (unpaired) electrons. The van der Waals surface area contributed by atoms with Gasteiger partial charge in [0.1, 0.15) is 23.0 Å². The zero-order valence-electron chi connectivity index (χ0n) is 24.3. The monoisotopic (exact) mass is 668 g/mol. The second-order valence-electron chi connectivity index (χ2n) is 11.5. The topological polar surface area (TPSA) is 80.9 Å². The first-order valence-corrected chi connectivity index (χ1v) is 14.6. The van der Waals surface area contributed by atoms with Gasteiger partial charge in [-0.1, -0.05) is 64.1 Å². The summed E-state index contributed by atoms with van der Waals surface area (Å²) in [4.78, 5) is 0. The average Bonchev–Trinajstić information content (AvgIpc) is 2.88. The van der Waals surface area contributed by atoms with Crippen molar-refractivity contribution in [2.75, 3.05) is 0 Å². The van der Waals surface area contributed by atoms with Crippen LogP contribution in [-0.4, -0.2) is 20.4 Å². The Bertz CT molecular complexity index is 1400. The minimum atomic E-state index is -0.230. The number of rotatable bonds is 4. The highest BCUT2D eigenvalue weighted by Crippen LogP contribution is 2.39. The maximum absolute atomic E-state index is 9.96. The number of halogens is 2. The Morgan fingerprint density at radius 2 is 0.725 bits per heavy atom. The van der Waals surface area contributed by atoms with Crippen molar-refractivity contribution in [2.45, 2.75) is 66.2 Å². The standard InChI is InChI=1S/C19H24O2.C15H14Br2O2/c1-11-7-15(8-12(2)17(11)20)19(5,6)16-9-13(3)18(21)14(4)10-16;1-15(2,9-3-5-13(18)11(16)7-9)10-4-6-14(19)12(17)8-10/h7-10,20-21H,1-6H3;3-8,18-19H,1-2H3. The van der Waals surface area contributed by atoms with Gasteiger partial charge in [0.15, 0.2) is 0 Å². The molecular weight excluding hydrogens is 632 g/mol. The minimum absolute atomic E-state index is 0.188. The molecule has 4 rings (SSSR count). The third-order valence-electron chi connectivity index (χ3n) is 7.76. The Balaban J connectivity index is 0.000000222. The Kier molecular flexibility index (Phi) is 9.37. The summed E-state index contributed by atoms with van der Waals surface area (Å²) >= 11 is 6.68. The number of benzene rings is 4. The molecule has 0 fully saturated rings. The summed E-state index contributed by atoms with van der Waals surface area (Å²) in [5.74, 6) is 1.19. The van der Waals surface area contributed by atoms with Gasteiger partial charge in [0, 0.05) is 10.8 Å². The summed E-state index contributed by atoms with van der Waals surface area (Å²) in [7, 11) is 0. The number of phenols is 4. The van der Waals surface area contributed by atoms with E-state index in [1.54, 1.807) is 12.1 Å². The first-order valence-electron chi connectivity index (χ1n) is 13.1. The molecule has 6 heteroatoms. The first kappa shape index (κ1) is 31.6. The third kappa shape index (κ3) is 6.50. The summed E-state index contributed by atoms with van der Waals surface area (Å²) in [5.41, 5.74) is 7.65. The second kappa shape index (κ2) is 11.9. The molecule has 4 N–H and O–H groups in total. The van der Waals surface area contributed by atoms with Crippen LogP contribution >= 0.6 is 31.9 Å². The first-order chi connectivity index (χ1) is 18.5. The predicted molar refractivity (Wildman–Crippen MR) is 171 cm³/mol. The molecule has 4 nitrogen and oxygen atoms in total. The van der Waals surface area contributed by atoms with E-state index in [1.165, 1.54) is 11.1 Å². The van der Waals surface area contributed by atoms with Crippen LogP contribution in [0.3, 0.4) is 0 Å². The molecule has 0 aliphatic carbocycles. The van der Waals surface area contributed by atoms with Crippen molar-refractivity contribution < 1.29 is 20.4 Å². The number of phenolic OH excluding ortho intramolecular Hbond substituents is 4. The van der Waals surface area contributed by atoms with Crippen LogP contribution in [0.2, 0.25) is 0 Å². The highest BCUT2D eigenvalue weighted by Gasteiger charge is 2.26. The number of aromatic hydroxyl groups is 4. The summed E-state index contributed by atoms with van der Waals surface area (Å²) in [6.07, 6.45) is 0. The molecule has 0 heterocycles. The maximum atomic E-state index is 9.96. The van der Waals surface area contributed by atoms with Gasteiger partial charge in [0.2, 0.25) is 0 Å². The maximum Gasteiger partial charge on any atom is 0.129 e. The fraction of sp³-hybridized carbons (Fsp3) is 0.294. The van der Waals surface area contributed by atoms with Crippen LogP contribution in [-0.2, 0) is 10.8 Å². The molecule has 0 unspecified atom stereocenters. The van der Waals surface area contributed by atoms with Gasteiger partial charge in [0.05, 0.1) is 8.95 Å². The largest absolute Gasteiger partial charge is 0.507 e. The van der Waals surface area contributed by atoms with Gasteiger partial charge in [-0.3, -0.25) is 0 Å². The fourth-order valence-corrected chi connectivity index (χ4v) is 5.52. The van der Waals surface area contributed by atoms with Crippen molar-refractivity contribution in [1.82, 2.24) is 0 Å². The lowest BCUT2D eigenvalue weighted by atomic mass is 9.76. The van der Waals surface area contributed by atoms with Gasteiger partial charge in [-0.05, 0) is 128 Å². The molecule has 0 aromatic heterocycles. The number of hydrogen-bond acceptors (Lipinski definition) is 4. The average molecular weight is 670 g/mol. The summed E-state index contributed by atoms with van der Waals surface area (Å²) in [5, 5.41) is 39.1. The van der Waals surface area contributed by atoms with Gasteiger partial charge in [0.25, 0.3) is 0 Å². The van der Waals surface area contributed by atoms with Gasteiger partial charge < -0.3 is 20.4 Å². The highest BCUT2D eigenvalue weighted by molar-refractivity contribution is 9.10. The Morgan fingerprint density at radius 3 is 1.00 bits per heavy atom. The van der Waals surface area contributed by atoms with Crippen LogP contribution in [0.5, 0.6) is 23.0 Å². The van der Waals surface area contributed by atoms with E-state index in [9.17, 15) is 20.4 Å². The van der Waals surface area contributed by atoms with E-state index in [0.717, 1.165) is 33.4 Å². The molecule has 4 aromatic rings. The molecule has 0 saturated heterocycles. The molecule has 40 heavy (non-hydrogen) atoms. The zero-order chi connectivity index (χ0) is 30.2. The van der Waals surface area contributed by atoms with Crippen molar-refractivity contribution in [3.63, 3.8) is 0 Å². The minimum Gasteiger partial charge on any atom is -0.507 e. The van der Waals surface area contributed by atoms with E-state index in [0.29, 0.717) is 20.4 Å². The lowest BCUT2D eigenvalue weighted by Gasteiger charge is -2.28. The normalized spacial score (nSPS) is 11.7. The van der Waals surface area contributed by atoms with Crippen molar-refractivity contribution in [2.24, 2.45) is 0 Å². The number of hydrogen-bond donors (Lipinski definition) is 4. The van der Waals surface area contributed by atoms with E-state index < -0.39 is 0 Å². The Morgan fingerprint density at radius 1 is 0.450 bits per heavy atom. The third-order valence-corrected chi connectivity index (χ3v) is 9.03. The van der Waals surface area contributed by atoms with Crippen LogP contribution in [0.4, 0.5) is 0 Å². The molecule has 0 saturated carbocycles. The summed E-state index contributed by atoms with van der Waals surface area (Å²) in [6, 6.07) is 19.2. The molecule has 0 amide bonds. The van der Waals surface area contributed by atoms with E-state index in [-0.39, 0.29) is 22.3 Å². The smallest absolute Gasteiger partial charge is 0.129 e. The molecule has 4 aromatic carbocycles. The molecule has 0 aliphatic rings. The van der Waals surface area contributed by atoms with E-state index in [1.807, 2.05) is 76.2 Å². The molecule has 0 atom stereocenters. The highest BCUT2D eigenvalue weighted by atomic mass is 79.9. The van der Waals surface area contributed by atoms with E-state index in [4.69, 9.17) is 0 Å². The van der Waals surface area contributed by atoms with Crippen LogP contribution in [0.15, 0.2) is 69.6 Å². The molecule has 0 bridgehead atoms. The lowest BCUT2D eigenvalue weighted by Crippen LogP contribution is -2.19. The molecule has 0 aliphatic heterocycles. The fourth-order valence-electron chi connectivity index (χ4n) is 4.76. The van der Waals surface area contributed by atoms with Crippen LogP contribution in [0.1, 0.15) is 72.2 Å². The molecule has 0 spiro atoms. The van der Waals surface area contributed by atoms with Gasteiger partial charge in [-0.25, -0.2) is 0 Å². The Labute approximate surface area is 254 Å². The van der Waals surface area contributed by atoms with Gasteiger partial charge in [-0.15, -0.1) is 0 Å². The second-order valence-corrected chi connectivity index (χ2v) is 13.2. The summed E-state index contributed by atoms with van der Waals surface area (Å²) in [6.45, 7) is 16.2. The van der Waals surface area contributed by atoms with Crippen molar-refractivity contribution in [3.8, 4) is 23.0 Å². The van der Waals surface area contributed by atoms with E-state index >= 15 is 0 Å².